The molecular formula is C13H18N2O5Zn. The van der Waals surface area contributed by atoms with E-state index in [1.165, 1.54) is 18.6 Å². The zero-order chi connectivity index (χ0) is 15.4. The summed E-state index contributed by atoms with van der Waals surface area (Å²) in [6.45, 7) is 2.02. The minimum Gasteiger partial charge on any atom is -0.547 e. The summed E-state index contributed by atoms with van der Waals surface area (Å²) < 4.78 is 0. The van der Waals surface area contributed by atoms with Gasteiger partial charge >= 0.3 is 19.5 Å². The van der Waals surface area contributed by atoms with Gasteiger partial charge < -0.3 is 29.9 Å². The summed E-state index contributed by atoms with van der Waals surface area (Å²) >= 11 is 0. The van der Waals surface area contributed by atoms with Crippen molar-refractivity contribution in [3.8, 4) is 0 Å². The van der Waals surface area contributed by atoms with Crippen molar-refractivity contribution in [2.45, 2.75) is 38.7 Å². The van der Waals surface area contributed by atoms with E-state index < -0.39 is 18.0 Å². The summed E-state index contributed by atoms with van der Waals surface area (Å²) in [4.78, 5) is 26.2. The molecule has 1 atom stereocenters. The molecule has 8 heteroatoms. The summed E-state index contributed by atoms with van der Waals surface area (Å²) in [5, 5.41) is 28.5. The maximum absolute atomic E-state index is 9.93. The second-order valence-electron chi connectivity index (χ2n) is 3.99. The Morgan fingerprint density at radius 2 is 2.10 bits per heavy atom. The van der Waals surface area contributed by atoms with Gasteiger partial charge in [-0.2, -0.15) is 0 Å². The number of aromatic nitrogens is 2. The number of rotatable bonds is 7. The van der Waals surface area contributed by atoms with E-state index in [2.05, 4.69) is 9.97 Å². The van der Waals surface area contributed by atoms with Crippen molar-refractivity contribution in [2.75, 3.05) is 0 Å². The van der Waals surface area contributed by atoms with Crippen LogP contribution in [0, 0.1) is 0 Å². The van der Waals surface area contributed by atoms with Crippen LogP contribution in [-0.4, -0.2) is 33.1 Å². The fourth-order valence-electron chi connectivity index (χ4n) is 1.22. The molecule has 1 unspecified atom stereocenters. The zero-order valence-electron chi connectivity index (χ0n) is 11.9. The Kier molecular flexibility index (Phi) is 13.9. The van der Waals surface area contributed by atoms with Gasteiger partial charge in [-0.3, -0.25) is 0 Å². The number of aliphatic hydroxyl groups is 1. The largest absolute Gasteiger partial charge is 2.00 e. The number of carboxylic acids is 2. The molecule has 1 aromatic heterocycles. The fraction of sp³-hybridized carbons (Fsp3) is 0.462. The second-order valence-corrected chi connectivity index (χ2v) is 3.99. The third kappa shape index (κ3) is 13.2. The van der Waals surface area contributed by atoms with Crippen LogP contribution in [0.1, 0.15) is 38.3 Å². The topological polar surface area (TPSA) is 129 Å². The summed E-state index contributed by atoms with van der Waals surface area (Å²) in [6.07, 6.45) is 7.09. The molecule has 0 spiro atoms. The Bertz CT molecular complexity index is 420. The molecule has 0 radical (unpaired) electrons. The third-order valence-electron chi connectivity index (χ3n) is 2.27. The van der Waals surface area contributed by atoms with Crippen LogP contribution in [0.5, 0.6) is 0 Å². The van der Waals surface area contributed by atoms with Gasteiger partial charge in [0, 0.05) is 0 Å². The standard InChI is InChI=1S/C7H14O3.C6H6N2O2.Zn/c1-2-3-4-5-6(8)7(9)10;9-6(10)2-1-5-3-7-4-8-5;/h6,8H,2-5H2,1H3,(H,9,10);1-4H,(H,7,8)(H,9,10);/q;;+2/p-2. The number of nitrogens with one attached hydrogen (secondary N) is 1. The van der Waals surface area contributed by atoms with Crippen molar-refractivity contribution in [2.24, 2.45) is 0 Å². The Morgan fingerprint density at radius 3 is 2.52 bits per heavy atom. The van der Waals surface area contributed by atoms with E-state index >= 15 is 0 Å². The van der Waals surface area contributed by atoms with Gasteiger partial charge in [0.2, 0.25) is 0 Å². The van der Waals surface area contributed by atoms with Crippen molar-refractivity contribution < 1.29 is 44.4 Å². The normalized spacial score (nSPS) is 11.1. The van der Waals surface area contributed by atoms with Gasteiger partial charge in [-0.25, -0.2) is 4.98 Å². The van der Waals surface area contributed by atoms with Crippen molar-refractivity contribution in [1.29, 1.82) is 0 Å². The molecule has 1 heterocycles. The summed E-state index contributed by atoms with van der Waals surface area (Å²) in [5.74, 6) is -2.58. The number of nitrogens with zero attached hydrogens (tertiary/aromatic N) is 1. The first-order valence-electron chi connectivity index (χ1n) is 6.23. The van der Waals surface area contributed by atoms with Gasteiger partial charge in [0.05, 0.1) is 36.3 Å². The third-order valence-corrected chi connectivity index (χ3v) is 2.27. The van der Waals surface area contributed by atoms with Crippen molar-refractivity contribution >= 4 is 18.0 Å². The van der Waals surface area contributed by atoms with Crippen LogP contribution in [0.3, 0.4) is 0 Å². The van der Waals surface area contributed by atoms with Crippen molar-refractivity contribution in [3.05, 3.63) is 24.3 Å². The quantitative estimate of drug-likeness (QED) is 0.364. The molecule has 0 aliphatic heterocycles. The molecular weight excluding hydrogens is 330 g/mol. The van der Waals surface area contributed by atoms with Gasteiger partial charge in [0.25, 0.3) is 0 Å². The van der Waals surface area contributed by atoms with Crippen LogP contribution >= 0.6 is 0 Å². The van der Waals surface area contributed by atoms with Crippen molar-refractivity contribution in [1.82, 2.24) is 9.97 Å². The molecule has 0 bridgehead atoms. The van der Waals surface area contributed by atoms with E-state index in [9.17, 15) is 19.8 Å². The Morgan fingerprint density at radius 1 is 1.43 bits per heavy atom. The van der Waals surface area contributed by atoms with Gasteiger partial charge in [0.1, 0.15) is 0 Å². The number of hydrogen-bond donors (Lipinski definition) is 2. The summed E-state index contributed by atoms with van der Waals surface area (Å²) in [5.41, 5.74) is 0.643. The number of carbonyl (C=O) groups excluding carboxylic acids is 2. The first-order valence-corrected chi connectivity index (χ1v) is 6.23. The van der Waals surface area contributed by atoms with Gasteiger partial charge in [-0.05, 0) is 18.6 Å². The molecule has 1 rings (SSSR count). The monoisotopic (exact) mass is 346 g/mol. The van der Waals surface area contributed by atoms with Crippen LogP contribution in [-0.2, 0) is 29.1 Å². The van der Waals surface area contributed by atoms with Crippen LogP contribution in [0.15, 0.2) is 18.6 Å². The van der Waals surface area contributed by atoms with E-state index in [1.54, 1.807) is 0 Å². The first kappa shape index (κ1) is 21.8. The molecule has 2 N–H and O–H groups in total. The van der Waals surface area contributed by atoms with Crippen LogP contribution in [0.25, 0.3) is 6.08 Å². The second kappa shape index (κ2) is 13.5. The number of imidazole rings is 1. The smallest absolute Gasteiger partial charge is 0.547 e. The minimum atomic E-state index is -1.36. The SMILES string of the molecule is CCCCCC(O)C(=O)[O-].O=C([O-])C=Cc1cnc[nH]1.[Zn+2]. The molecule has 0 aromatic carbocycles. The number of carbonyl (C=O) groups is 2. The number of aliphatic hydroxyl groups excluding tert-OH is 1. The molecule has 0 saturated carbocycles. The molecule has 1 aromatic rings. The van der Waals surface area contributed by atoms with E-state index in [4.69, 9.17) is 5.11 Å². The molecule has 0 aliphatic carbocycles. The number of carboxylic acid groups (broad SMARTS) is 2. The van der Waals surface area contributed by atoms with E-state index in [0.29, 0.717) is 12.1 Å². The maximum Gasteiger partial charge on any atom is 2.00 e. The van der Waals surface area contributed by atoms with Crippen molar-refractivity contribution in [3.63, 3.8) is 0 Å². The molecule has 112 valence electrons. The number of aromatic amines is 1. The van der Waals surface area contributed by atoms with Crippen LogP contribution in [0.4, 0.5) is 0 Å². The Labute approximate surface area is 135 Å². The molecule has 21 heavy (non-hydrogen) atoms. The zero-order valence-corrected chi connectivity index (χ0v) is 14.9. The summed E-state index contributed by atoms with van der Waals surface area (Å²) in [7, 11) is 0. The molecule has 0 aliphatic rings. The molecule has 0 fully saturated rings. The van der Waals surface area contributed by atoms with E-state index in [1.807, 2.05) is 6.92 Å². The predicted molar refractivity (Wildman–Crippen MR) is 67.8 cm³/mol. The van der Waals surface area contributed by atoms with Gasteiger partial charge in [-0.15, -0.1) is 0 Å². The van der Waals surface area contributed by atoms with Gasteiger partial charge in [-0.1, -0.05) is 26.2 Å². The minimum absolute atomic E-state index is 0. The average molecular weight is 348 g/mol. The maximum atomic E-state index is 9.93. The Balaban J connectivity index is 0. The molecule has 0 saturated heterocycles. The molecule has 7 nitrogen and oxygen atoms in total. The van der Waals surface area contributed by atoms with E-state index in [-0.39, 0.29) is 19.5 Å². The fourth-order valence-corrected chi connectivity index (χ4v) is 1.22. The number of H-pyrrole nitrogens is 1. The van der Waals surface area contributed by atoms with E-state index in [0.717, 1.165) is 25.3 Å². The van der Waals surface area contributed by atoms with Crippen LogP contribution in [0.2, 0.25) is 0 Å². The number of hydrogen-bond acceptors (Lipinski definition) is 6. The molecule has 0 amide bonds. The summed E-state index contributed by atoms with van der Waals surface area (Å²) in [6, 6.07) is 0. The van der Waals surface area contributed by atoms with Crippen LogP contribution < -0.4 is 10.2 Å². The average Bonchev–Trinajstić information content (AvgIpc) is 2.90. The number of unbranched alkanes of at least 4 members (excludes halogenated alkanes) is 2. The number of aliphatic carboxylic acids is 2. The predicted octanol–water partition coefficient (Wildman–Crippen LogP) is -1.15. The first-order chi connectivity index (χ1) is 9.47. The Hall–Kier alpha value is -1.53. The van der Waals surface area contributed by atoms with Gasteiger partial charge in [0.15, 0.2) is 0 Å².